The lowest BCUT2D eigenvalue weighted by Gasteiger charge is -2.37. The van der Waals surface area contributed by atoms with E-state index < -0.39 is 12.1 Å². The van der Waals surface area contributed by atoms with Gasteiger partial charge in [-0.05, 0) is 44.0 Å². The molecule has 0 saturated carbocycles. The number of aryl methyl sites for hydroxylation is 1. The Labute approximate surface area is 127 Å². The van der Waals surface area contributed by atoms with Crippen molar-refractivity contribution < 1.29 is 9.59 Å². The second kappa shape index (κ2) is 5.95. The number of carbonyl (C=O) groups is 2. The summed E-state index contributed by atoms with van der Waals surface area (Å²) in [6.45, 7) is 5.73. The molecule has 0 spiro atoms. The van der Waals surface area contributed by atoms with E-state index in [1.165, 1.54) is 0 Å². The van der Waals surface area contributed by atoms with Gasteiger partial charge < -0.3 is 5.32 Å². The van der Waals surface area contributed by atoms with Crippen LogP contribution >= 0.6 is 15.9 Å². The number of nitrogens with one attached hydrogen (secondary N) is 1. The van der Waals surface area contributed by atoms with Crippen LogP contribution in [0.2, 0.25) is 0 Å². The number of rotatable bonds is 3. The molecular formula is C15H19BrN2O2. The molecule has 1 aliphatic rings. The molecule has 5 heteroatoms. The topological polar surface area (TPSA) is 49.4 Å². The Morgan fingerprint density at radius 3 is 2.60 bits per heavy atom. The first-order valence-electron chi connectivity index (χ1n) is 6.84. The second-order valence-electron chi connectivity index (χ2n) is 5.22. The highest BCUT2D eigenvalue weighted by Gasteiger charge is 2.38. The summed E-state index contributed by atoms with van der Waals surface area (Å²) in [6.07, 6.45) is 1.52. The van der Waals surface area contributed by atoms with Crippen LogP contribution in [0.5, 0.6) is 0 Å². The van der Waals surface area contributed by atoms with Gasteiger partial charge in [0.05, 0.1) is 0 Å². The van der Waals surface area contributed by atoms with Gasteiger partial charge in [0, 0.05) is 10.2 Å². The Balaban J connectivity index is 2.40. The van der Waals surface area contributed by atoms with Crippen molar-refractivity contribution in [1.29, 1.82) is 0 Å². The van der Waals surface area contributed by atoms with E-state index in [9.17, 15) is 9.59 Å². The van der Waals surface area contributed by atoms with Crippen molar-refractivity contribution in [1.82, 2.24) is 5.32 Å². The van der Waals surface area contributed by atoms with Crippen LogP contribution in [-0.2, 0) is 9.59 Å². The summed E-state index contributed by atoms with van der Waals surface area (Å²) in [5.41, 5.74) is 1.82. The van der Waals surface area contributed by atoms with Gasteiger partial charge in [-0.3, -0.25) is 14.5 Å². The molecule has 0 aromatic heterocycles. The third-order valence-corrected chi connectivity index (χ3v) is 3.96. The number of piperazine rings is 1. The zero-order valence-corrected chi connectivity index (χ0v) is 13.5. The van der Waals surface area contributed by atoms with Crippen molar-refractivity contribution in [2.75, 3.05) is 4.90 Å². The molecule has 1 heterocycles. The van der Waals surface area contributed by atoms with Crippen LogP contribution < -0.4 is 10.2 Å². The van der Waals surface area contributed by atoms with E-state index in [0.29, 0.717) is 6.42 Å². The summed E-state index contributed by atoms with van der Waals surface area (Å²) in [5, 5.41) is 2.80. The van der Waals surface area contributed by atoms with Crippen LogP contribution in [0.15, 0.2) is 22.7 Å². The molecule has 1 fully saturated rings. The average Bonchev–Trinajstić information content (AvgIpc) is 2.35. The highest BCUT2D eigenvalue weighted by atomic mass is 79.9. The molecule has 0 radical (unpaired) electrons. The summed E-state index contributed by atoms with van der Waals surface area (Å²) in [7, 11) is 0. The van der Waals surface area contributed by atoms with Crippen LogP contribution in [0.25, 0.3) is 0 Å². The van der Waals surface area contributed by atoms with Crippen LogP contribution in [0.4, 0.5) is 5.69 Å². The summed E-state index contributed by atoms with van der Waals surface area (Å²) in [4.78, 5) is 26.3. The molecule has 0 bridgehead atoms. The van der Waals surface area contributed by atoms with Crippen molar-refractivity contribution in [3.8, 4) is 0 Å². The predicted molar refractivity (Wildman–Crippen MR) is 82.7 cm³/mol. The summed E-state index contributed by atoms with van der Waals surface area (Å²) in [5.74, 6) is -0.128. The van der Waals surface area contributed by atoms with Crippen molar-refractivity contribution >= 4 is 33.4 Å². The molecule has 1 aromatic carbocycles. The van der Waals surface area contributed by atoms with Crippen LogP contribution in [0.3, 0.4) is 0 Å². The zero-order valence-electron chi connectivity index (χ0n) is 11.9. The number of halogens is 1. The minimum absolute atomic E-state index is 0.0311. The molecule has 1 saturated heterocycles. The number of amides is 2. The molecule has 1 aliphatic heterocycles. The third-order valence-electron chi connectivity index (χ3n) is 3.50. The fourth-order valence-corrected chi connectivity index (χ4v) is 3.12. The molecule has 108 valence electrons. The molecule has 20 heavy (non-hydrogen) atoms. The minimum Gasteiger partial charge on any atom is -0.342 e. The highest BCUT2D eigenvalue weighted by Crippen LogP contribution is 2.27. The molecule has 2 rings (SSSR count). The number of carbonyl (C=O) groups excluding carboxylic acids is 2. The Bertz CT molecular complexity index is 524. The van der Waals surface area contributed by atoms with Gasteiger partial charge in [-0.25, -0.2) is 0 Å². The van der Waals surface area contributed by atoms with E-state index in [1.807, 2.05) is 32.0 Å². The van der Waals surface area contributed by atoms with Gasteiger partial charge >= 0.3 is 0 Å². The predicted octanol–water partition coefficient (Wildman–Crippen LogP) is 2.78. The third kappa shape index (κ3) is 2.87. The molecule has 2 atom stereocenters. The van der Waals surface area contributed by atoms with Gasteiger partial charge in [-0.15, -0.1) is 0 Å². The summed E-state index contributed by atoms with van der Waals surface area (Å²) in [6, 6.07) is 4.89. The maximum Gasteiger partial charge on any atom is 0.250 e. The second-order valence-corrected chi connectivity index (χ2v) is 6.14. The molecule has 1 aromatic rings. The summed E-state index contributed by atoms with van der Waals surface area (Å²) < 4.78 is 0.908. The Morgan fingerprint density at radius 1 is 1.30 bits per heavy atom. The minimum atomic E-state index is -0.482. The fraction of sp³-hybridized carbons (Fsp3) is 0.467. The maximum atomic E-state index is 12.6. The number of hydrogen-bond donors (Lipinski definition) is 1. The largest absolute Gasteiger partial charge is 0.342 e. The van der Waals surface area contributed by atoms with Gasteiger partial charge in [0.15, 0.2) is 0 Å². The fourth-order valence-electron chi connectivity index (χ4n) is 2.52. The van der Waals surface area contributed by atoms with Crippen LogP contribution in [0, 0.1) is 6.92 Å². The Morgan fingerprint density at radius 2 is 2.00 bits per heavy atom. The number of anilines is 1. The van der Waals surface area contributed by atoms with E-state index in [2.05, 4.69) is 21.2 Å². The van der Waals surface area contributed by atoms with Crippen LogP contribution in [-0.4, -0.2) is 23.9 Å². The Hall–Kier alpha value is -1.36. The van der Waals surface area contributed by atoms with Gasteiger partial charge in [-0.1, -0.05) is 29.3 Å². The lowest BCUT2D eigenvalue weighted by molar-refractivity contribution is -0.133. The van der Waals surface area contributed by atoms with Gasteiger partial charge in [0.1, 0.15) is 12.1 Å². The number of benzene rings is 1. The average molecular weight is 339 g/mol. The number of hydrogen-bond acceptors (Lipinski definition) is 2. The monoisotopic (exact) mass is 338 g/mol. The molecule has 1 N–H and O–H groups in total. The van der Waals surface area contributed by atoms with Crippen molar-refractivity contribution in [2.24, 2.45) is 0 Å². The van der Waals surface area contributed by atoms with Gasteiger partial charge in [0.25, 0.3) is 0 Å². The summed E-state index contributed by atoms with van der Waals surface area (Å²) >= 11 is 3.44. The van der Waals surface area contributed by atoms with E-state index in [4.69, 9.17) is 0 Å². The standard InChI is InChI=1S/C15H19BrN2O2/c1-4-5-13-15(20)18(10(3)14(19)17-13)12-7-9(2)6-11(16)8-12/h6-8,10,13H,4-5H2,1-3H3,(H,17,19). The van der Waals surface area contributed by atoms with E-state index in [1.54, 1.807) is 11.8 Å². The first kappa shape index (κ1) is 15.0. The first-order valence-corrected chi connectivity index (χ1v) is 7.64. The van der Waals surface area contributed by atoms with Gasteiger partial charge in [-0.2, -0.15) is 0 Å². The lowest BCUT2D eigenvalue weighted by atomic mass is 10.0. The van der Waals surface area contributed by atoms with E-state index in [-0.39, 0.29) is 11.8 Å². The van der Waals surface area contributed by atoms with Crippen molar-refractivity contribution in [2.45, 2.75) is 45.7 Å². The number of nitrogens with zero attached hydrogens (tertiary/aromatic N) is 1. The van der Waals surface area contributed by atoms with E-state index in [0.717, 1.165) is 22.1 Å². The first-order chi connectivity index (χ1) is 9.43. The molecule has 2 unspecified atom stereocenters. The zero-order chi connectivity index (χ0) is 14.9. The Kier molecular flexibility index (Phi) is 4.48. The molecule has 0 aliphatic carbocycles. The maximum absolute atomic E-state index is 12.6. The van der Waals surface area contributed by atoms with Gasteiger partial charge in [0.2, 0.25) is 11.8 Å². The van der Waals surface area contributed by atoms with Crippen molar-refractivity contribution in [3.63, 3.8) is 0 Å². The molecule has 4 nitrogen and oxygen atoms in total. The quantitative estimate of drug-likeness (QED) is 0.921. The van der Waals surface area contributed by atoms with E-state index >= 15 is 0 Å². The normalized spacial score (nSPS) is 22.9. The lowest BCUT2D eigenvalue weighted by Crippen LogP contribution is -2.62. The molecular weight excluding hydrogens is 320 g/mol. The van der Waals surface area contributed by atoms with Crippen molar-refractivity contribution in [3.05, 3.63) is 28.2 Å². The highest BCUT2D eigenvalue weighted by molar-refractivity contribution is 9.10. The SMILES string of the molecule is CCCC1NC(=O)C(C)N(c2cc(C)cc(Br)c2)C1=O. The van der Waals surface area contributed by atoms with Crippen LogP contribution in [0.1, 0.15) is 32.3 Å². The molecule has 2 amide bonds. The smallest absolute Gasteiger partial charge is 0.250 e.